The molecule has 0 N–H and O–H groups in total. The van der Waals surface area contributed by atoms with E-state index in [9.17, 15) is 9.59 Å². The van der Waals surface area contributed by atoms with Gasteiger partial charge in [0.25, 0.3) is 0 Å². The molecule has 6 heteroatoms. The van der Waals surface area contributed by atoms with E-state index in [2.05, 4.69) is 0 Å². The number of carbonyl (C=O) groups excluding carboxylic acids is 2. The first kappa shape index (κ1) is 20.5. The molecule has 0 unspecified atom stereocenters. The first-order valence-electron chi connectivity index (χ1n) is 9.49. The number of nitrogens with zero attached hydrogens (tertiary/aromatic N) is 1. The summed E-state index contributed by atoms with van der Waals surface area (Å²) in [5, 5.41) is 0. The second-order valence-corrected chi connectivity index (χ2v) is 7.15. The van der Waals surface area contributed by atoms with Crippen LogP contribution < -0.4 is 9.47 Å². The van der Waals surface area contributed by atoms with Gasteiger partial charge in [-0.1, -0.05) is 6.07 Å². The summed E-state index contributed by atoms with van der Waals surface area (Å²) in [6, 6.07) is 5.37. The van der Waals surface area contributed by atoms with E-state index < -0.39 is 5.97 Å². The molecule has 1 heterocycles. The van der Waals surface area contributed by atoms with E-state index in [1.165, 1.54) is 20.0 Å². The van der Waals surface area contributed by atoms with Gasteiger partial charge in [0.15, 0.2) is 11.5 Å². The van der Waals surface area contributed by atoms with Crippen LogP contribution in [0.4, 0.5) is 0 Å². The highest BCUT2D eigenvalue weighted by Gasteiger charge is 2.24. The van der Waals surface area contributed by atoms with E-state index in [0.29, 0.717) is 40.7 Å². The monoisotopic (exact) mass is 395 g/mol. The lowest BCUT2D eigenvalue weighted by atomic mass is 10.0. The lowest BCUT2D eigenvalue weighted by molar-refractivity contribution is -0.133. The Balaban J connectivity index is 1.99. The molecule has 1 aromatic carbocycles. The molecule has 29 heavy (non-hydrogen) atoms. The van der Waals surface area contributed by atoms with Gasteiger partial charge in [-0.15, -0.1) is 0 Å². The van der Waals surface area contributed by atoms with Crippen molar-refractivity contribution in [3.8, 4) is 11.5 Å². The zero-order valence-electron chi connectivity index (χ0n) is 17.2. The maximum Gasteiger partial charge on any atom is 0.339 e. The Kier molecular flexibility index (Phi) is 6.25. The molecule has 1 aliphatic carbocycles. The van der Waals surface area contributed by atoms with Gasteiger partial charge in [0.2, 0.25) is 0 Å². The molecule has 0 aromatic heterocycles. The van der Waals surface area contributed by atoms with Crippen molar-refractivity contribution >= 4 is 17.5 Å². The van der Waals surface area contributed by atoms with Crippen molar-refractivity contribution in [3.63, 3.8) is 0 Å². The molecule has 6 nitrogen and oxygen atoms in total. The van der Waals surface area contributed by atoms with Crippen LogP contribution in [0.5, 0.6) is 11.5 Å². The molecule has 0 radical (unpaired) electrons. The maximum atomic E-state index is 12.6. The van der Waals surface area contributed by atoms with Crippen molar-refractivity contribution in [2.24, 2.45) is 5.92 Å². The topological polar surface area (TPSA) is 65.1 Å². The highest BCUT2D eigenvalue weighted by atomic mass is 16.5. The molecule has 0 atom stereocenters. The van der Waals surface area contributed by atoms with Crippen LogP contribution in [0.1, 0.15) is 32.3 Å². The summed E-state index contributed by atoms with van der Waals surface area (Å²) in [4.78, 5) is 25.4. The fraction of sp³-hybridized carbons (Fsp3) is 0.348. The molecule has 152 valence electrons. The minimum atomic E-state index is -0.472. The molecule has 2 aliphatic rings. The van der Waals surface area contributed by atoms with Gasteiger partial charge in [-0.3, -0.25) is 0 Å². The maximum absolute atomic E-state index is 12.6. The Labute approximate surface area is 170 Å². The van der Waals surface area contributed by atoms with Crippen LogP contribution in [0.25, 0.3) is 5.57 Å². The van der Waals surface area contributed by atoms with Crippen molar-refractivity contribution in [3.05, 3.63) is 59.1 Å². The van der Waals surface area contributed by atoms with Crippen molar-refractivity contribution < 1.29 is 23.8 Å². The number of rotatable bonds is 7. The molecule has 1 saturated carbocycles. The highest BCUT2D eigenvalue weighted by Crippen LogP contribution is 2.35. The Morgan fingerprint density at radius 2 is 1.86 bits per heavy atom. The van der Waals surface area contributed by atoms with E-state index in [-0.39, 0.29) is 0 Å². The van der Waals surface area contributed by atoms with Gasteiger partial charge in [-0.05, 0) is 62.5 Å². The van der Waals surface area contributed by atoms with Gasteiger partial charge in [0.05, 0.1) is 32.0 Å². The predicted octanol–water partition coefficient (Wildman–Crippen LogP) is 3.88. The van der Waals surface area contributed by atoms with E-state index in [4.69, 9.17) is 14.2 Å². The van der Waals surface area contributed by atoms with Gasteiger partial charge in [0.1, 0.15) is 5.94 Å². The lowest BCUT2D eigenvalue weighted by Gasteiger charge is -2.26. The zero-order valence-corrected chi connectivity index (χ0v) is 17.2. The lowest BCUT2D eigenvalue weighted by Crippen LogP contribution is -2.18. The zero-order chi connectivity index (χ0) is 21.0. The molecule has 0 bridgehead atoms. The molecule has 1 aromatic rings. The summed E-state index contributed by atoms with van der Waals surface area (Å²) in [6.45, 7) is 4.35. The number of hydrogen-bond donors (Lipinski definition) is 0. The Morgan fingerprint density at radius 3 is 2.41 bits per heavy atom. The van der Waals surface area contributed by atoms with Crippen LogP contribution in [0, 0.1) is 5.92 Å². The summed E-state index contributed by atoms with van der Waals surface area (Å²) >= 11 is 0. The van der Waals surface area contributed by atoms with Crippen LogP contribution in [0.3, 0.4) is 0 Å². The van der Waals surface area contributed by atoms with Crippen molar-refractivity contribution in [2.45, 2.75) is 26.7 Å². The minimum absolute atomic E-state index is 0.366. The summed E-state index contributed by atoms with van der Waals surface area (Å²) in [5.74, 6) is 3.22. The number of ether oxygens (including phenoxy) is 3. The van der Waals surface area contributed by atoms with Gasteiger partial charge >= 0.3 is 5.97 Å². The predicted molar refractivity (Wildman–Crippen MR) is 110 cm³/mol. The summed E-state index contributed by atoms with van der Waals surface area (Å²) in [5.41, 5.74) is 3.07. The fourth-order valence-corrected chi connectivity index (χ4v) is 3.10. The third kappa shape index (κ3) is 4.79. The molecule has 3 rings (SSSR count). The fourth-order valence-electron chi connectivity index (χ4n) is 3.10. The molecule has 0 amide bonds. The van der Waals surface area contributed by atoms with Crippen LogP contribution in [-0.2, 0) is 14.3 Å². The molecular formula is C23H25NO5. The molecule has 0 spiro atoms. The van der Waals surface area contributed by atoms with Gasteiger partial charge < -0.3 is 19.1 Å². The van der Waals surface area contributed by atoms with Crippen LogP contribution >= 0.6 is 0 Å². The minimum Gasteiger partial charge on any atom is -0.493 e. The average Bonchev–Trinajstić information content (AvgIpc) is 3.55. The number of carbonyl (C=O) groups is 1. The molecule has 1 fully saturated rings. The van der Waals surface area contributed by atoms with Crippen LogP contribution in [0.15, 0.2) is 53.5 Å². The van der Waals surface area contributed by atoms with Gasteiger partial charge in [-0.25, -0.2) is 9.59 Å². The third-order valence-corrected chi connectivity index (χ3v) is 4.92. The Morgan fingerprint density at radius 1 is 1.17 bits per heavy atom. The van der Waals surface area contributed by atoms with Crippen LogP contribution in [-0.4, -0.2) is 37.6 Å². The number of allylic oxidation sites excluding steroid dienone is 5. The normalized spacial score (nSPS) is 16.6. The van der Waals surface area contributed by atoms with E-state index in [0.717, 1.165) is 11.4 Å². The van der Waals surface area contributed by atoms with Crippen molar-refractivity contribution in [2.75, 3.05) is 20.8 Å². The van der Waals surface area contributed by atoms with E-state index in [1.807, 2.05) is 24.7 Å². The van der Waals surface area contributed by atoms with Crippen LogP contribution in [0.2, 0.25) is 0 Å². The molecular weight excluding hydrogens is 370 g/mol. The highest BCUT2D eigenvalue weighted by molar-refractivity contribution is 6.16. The van der Waals surface area contributed by atoms with E-state index >= 15 is 0 Å². The largest absolute Gasteiger partial charge is 0.493 e. The Hall–Kier alpha value is -3.24. The van der Waals surface area contributed by atoms with Crippen molar-refractivity contribution in [1.29, 1.82) is 0 Å². The number of esters is 1. The first-order valence-corrected chi connectivity index (χ1v) is 9.49. The smallest absolute Gasteiger partial charge is 0.339 e. The van der Waals surface area contributed by atoms with Gasteiger partial charge in [0, 0.05) is 17.6 Å². The van der Waals surface area contributed by atoms with Gasteiger partial charge in [-0.2, -0.15) is 0 Å². The summed E-state index contributed by atoms with van der Waals surface area (Å²) < 4.78 is 16.3. The number of hydrogen-bond acceptors (Lipinski definition) is 6. The Bertz CT molecular complexity index is 924. The van der Waals surface area contributed by atoms with Crippen molar-refractivity contribution in [1.82, 2.24) is 4.90 Å². The second kappa shape index (κ2) is 8.84. The average molecular weight is 395 g/mol. The standard InChI is InChI=1S/C23H25NO5/c1-15-9-18(13-25)10-16(2)24(15)12-20(23(26)28-4)19-7-8-21(27-3)22(11-19)29-14-17-5-6-17/h7-12,17H,5-6,14H2,1-4H3/b20-12-. The quantitative estimate of drug-likeness (QED) is 0.397. The third-order valence-electron chi connectivity index (χ3n) is 4.92. The second-order valence-electron chi connectivity index (χ2n) is 7.15. The number of methoxy groups -OCH3 is 2. The molecule has 1 aliphatic heterocycles. The molecule has 0 saturated heterocycles. The SMILES string of the molecule is COC(=O)/C(=C\N1C(C)=CC(=C=O)C=C1C)c1ccc(OC)c(OCC2CC2)c1. The summed E-state index contributed by atoms with van der Waals surface area (Å²) in [7, 11) is 2.93. The summed E-state index contributed by atoms with van der Waals surface area (Å²) in [6.07, 6.45) is 7.49. The first-order chi connectivity index (χ1) is 14.0. The van der Waals surface area contributed by atoms with E-state index in [1.54, 1.807) is 43.7 Å². The number of benzene rings is 1.